The zero-order valence-corrected chi connectivity index (χ0v) is 16.5. The molecule has 0 radical (unpaired) electrons. The molecule has 3 amide bonds. The van der Waals surface area contributed by atoms with Crippen LogP contribution in [0.5, 0.6) is 0 Å². The fourth-order valence-electron chi connectivity index (χ4n) is 3.33. The lowest BCUT2D eigenvalue weighted by atomic mass is 9.91. The molecule has 0 spiro atoms. The quantitative estimate of drug-likeness (QED) is 0.491. The SMILES string of the molecule is CC1(c2cccc(-n3cnnn3)c2)NC(=O)N(Cc2coc(-c3cccs3)n2)C1=O. The van der Waals surface area contributed by atoms with E-state index in [-0.39, 0.29) is 12.5 Å². The summed E-state index contributed by atoms with van der Waals surface area (Å²) in [5.41, 5.74) is 0.571. The van der Waals surface area contributed by atoms with E-state index in [1.54, 1.807) is 25.1 Å². The second-order valence-electron chi connectivity index (χ2n) is 6.87. The topological polar surface area (TPSA) is 119 Å². The van der Waals surface area contributed by atoms with Crippen LogP contribution in [-0.4, -0.2) is 42.0 Å². The van der Waals surface area contributed by atoms with Gasteiger partial charge in [0.1, 0.15) is 18.1 Å². The number of hydrogen-bond acceptors (Lipinski definition) is 8. The normalized spacial score (nSPS) is 18.8. The van der Waals surface area contributed by atoms with Crippen molar-refractivity contribution in [2.24, 2.45) is 0 Å². The Balaban J connectivity index is 1.41. The molecule has 1 aromatic carbocycles. The molecule has 3 aromatic heterocycles. The summed E-state index contributed by atoms with van der Waals surface area (Å²) in [4.78, 5) is 32.3. The molecule has 10 nitrogen and oxygen atoms in total. The van der Waals surface area contributed by atoms with Gasteiger partial charge in [-0.1, -0.05) is 18.2 Å². The van der Waals surface area contributed by atoms with Crippen molar-refractivity contribution < 1.29 is 14.0 Å². The van der Waals surface area contributed by atoms with Crippen LogP contribution in [0.2, 0.25) is 0 Å². The Morgan fingerprint density at radius 1 is 1.23 bits per heavy atom. The maximum Gasteiger partial charge on any atom is 0.325 e. The van der Waals surface area contributed by atoms with Crippen molar-refractivity contribution in [1.29, 1.82) is 0 Å². The predicted octanol–water partition coefficient (Wildman–Crippen LogP) is 2.35. The minimum absolute atomic E-state index is 0.0157. The third-order valence-corrected chi connectivity index (χ3v) is 5.77. The van der Waals surface area contributed by atoms with Crippen molar-refractivity contribution in [1.82, 2.24) is 35.4 Å². The molecule has 4 aromatic rings. The molecule has 0 bridgehead atoms. The smallest absolute Gasteiger partial charge is 0.325 e. The van der Waals surface area contributed by atoms with E-state index in [1.807, 2.05) is 23.6 Å². The number of aromatic nitrogens is 5. The molecule has 1 aliphatic heterocycles. The number of oxazole rings is 1. The van der Waals surface area contributed by atoms with Crippen LogP contribution in [0.4, 0.5) is 4.79 Å². The molecular formula is C19H15N7O3S. The summed E-state index contributed by atoms with van der Waals surface area (Å²) in [5.74, 6) is 0.0889. The van der Waals surface area contributed by atoms with E-state index in [0.29, 0.717) is 22.8 Å². The number of urea groups is 1. The average molecular weight is 421 g/mol. The van der Waals surface area contributed by atoms with Crippen molar-refractivity contribution in [2.75, 3.05) is 0 Å². The maximum atomic E-state index is 13.2. The van der Waals surface area contributed by atoms with Crippen molar-refractivity contribution in [2.45, 2.75) is 19.0 Å². The lowest BCUT2D eigenvalue weighted by Gasteiger charge is -2.22. The summed E-state index contributed by atoms with van der Waals surface area (Å²) < 4.78 is 6.97. The number of imide groups is 1. The van der Waals surface area contributed by atoms with E-state index in [9.17, 15) is 9.59 Å². The fraction of sp³-hybridized carbons (Fsp3) is 0.158. The second kappa shape index (κ2) is 6.88. The minimum atomic E-state index is -1.22. The molecule has 1 saturated heterocycles. The van der Waals surface area contributed by atoms with Crippen molar-refractivity contribution in [3.8, 4) is 16.5 Å². The summed E-state index contributed by atoms with van der Waals surface area (Å²) in [6, 6.07) is 10.4. The molecule has 1 N–H and O–H groups in total. The number of thiophene rings is 1. The van der Waals surface area contributed by atoms with Gasteiger partial charge in [0.25, 0.3) is 5.91 Å². The summed E-state index contributed by atoms with van der Waals surface area (Å²) in [7, 11) is 0. The van der Waals surface area contributed by atoms with Crippen LogP contribution in [0, 0.1) is 0 Å². The fourth-order valence-corrected chi connectivity index (χ4v) is 3.99. The molecule has 0 aliphatic carbocycles. The maximum absolute atomic E-state index is 13.2. The van der Waals surface area contributed by atoms with Crippen molar-refractivity contribution in [3.05, 3.63) is 65.6 Å². The van der Waals surface area contributed by atoms with Crippen LogP contribution >= 0.6 is 11.3 Å². The van der Waals surface area contributed by atoms with E-state index < -0.39 is 11.6 Å². The van der Waals surface area contributed by atoms with E-state index in [2.05, 4.69) is 25.8 Å². The van der Waals surface area contributed by atoms with Gasteiger partial charge >= 0.3 is 6.03 Å². The molecule has 150 valence electrons. The lowest BCUT2D eigenvalue weighted by molar-refractivity contribution is -0.131. The van der Waals surface area contributed by atoms with Gasteiger partial charge in [-0.3, -0.25) is 9.69 Å². The second-order valence-corrected chi connectivity index (χ2v) is 7.82. The molecule has 1 fully saturated rings. The molecule has 1 unspecified atom stereocenters. The summed E-state index contributed by atoms with van der Waals surface area (Å²) in [6.45, 7) is 1.69. The summed E-state index contributed by atoms with van der Waals surface area (Å²) in [6.07, 6.45) is 2.92. The van der Waals surface area contributed by atoms with Gasteiger partial charge in [-0.05, 0) is 46.5 Å². The first-order valence-corrected chi connectivity index (χ1v) is 9.89. The van der Waals surface area contributed by atoms with Crippen LogP contribution in [0.25, 0.3) is 16.5 Å². The van der Waals surface area contributed by atoms with Crippen LogP contribution < -0.4 is 5.32 Å². The third-order valence-electron chi connectivity index (χ3n) is 4.92. The van der Waals surface area contributed by atoms with Crippen molar-refractivity contribution in [3.63, 3.8) is 0 Å². The van der Waals surface area contributed by atoms with Gasteiger partial charge in [-0.2, -0.15) is 0 Å². The number of carbonyl (C=O) groups excluding carboxylic acids is 2. The van der Waals surface area contributed by atoms with Crippen molar-refractivity contribution >= 4 is 23.3 Å². The highest BCUT2D eigenvalue weighted by Crippen LogP contribution is 2.31. The first-order chi connectivity index (χ1) is 14.5. The van der Waals surface area contributed by atoms with E-state index in [1.165, 1.54) is 28.6 Å². The lowest BCUT2D eigenvalue weighted by Crippen LogP contribution is -2.40. The first kappa shape index (κ1) is 18.2. The highest BCUT2D eigenvalue weighted by molar-refractivity contribution is 7.13. The van der Waals surface area contributed by atoms with Crippen LogP contribution in [-0.2, 0) is 16.9 Å². The average Bonchev–Trinajstić information content (AvgIpc) is 3.54. The van der Waals surface area contributed by atoms with E-state index in [0.717, 1.165) is 9.78 Å². The molecule has 1 atom stereocenters. The van der Waals surface area contributed by atoms with Gasteiger partial charge in [0, 0.05) is 0 Å². The van der Waals surface area contributed by atoms with Gasteiger partial charge in [0.2, 0.25) is 5.89 Å². The number of benzene rings is 1. The molecular weight excluding hydrogens is 406 g/mol. The number of nitrogens with zero attached hydrogens (tertiary/aromatic N) is 6. The zero-order valence-electron chi connectivity index (χ0n) is 15.7. The van der Waals surface area contributed by atoms with Gasteiger partial charge < -0.3 is 9.73 Å². The Hall–Kier alpha value is -3.86. The first-order valence-electron chi connectivity index (χ1n) is 9.01. The Kier molecular flexibility index (Phi) is 4.17. The molecule has 30 heavy (non-hydrogen) atoms. The highest BCUT2D eigenvalue weighted by Gasteiger charge is 2.49. The number of rotatable bonds is 5. The molecule has 4 heterocycles. The standard InChI is InChI=1S/C19H15N7O3S/c1-19(12-4-2-5-14(8-12)26-11-20-23-24-26)17(27)25(18(28)22-19)9-13-10-29-16(21-13)15-6-3-7-30-15/h2-8,10-11H,9H2,1H3,(H,22,28). The number of carbonyl (C=O) groups is 2. The molecule has 1 aliphatic rings. The van der Waals surface area contributed by atoms with Crippen LogP contribution in [0.1, 0.15) is 18.2 Å². The summed E-state index contributed by atoms with van der Waals surface area (Å²) in [5, 5.41) is 15.8. The monoisotopic (exact) mass is 421 g/mol. The zero-order chi connectivity index (χ0) is 20.7. The van der Waals surface area contributed by atoms with Gasteiger partial charge in [0.15, 0.2) is 0 Å². The number of amides is 3. The Bertz CT molecular complexity index is 1220. The van der Waals surface area contributed by atoms with Crippen LogP contribution in [0.3, 0.4) is 0 Å². The highest BCUT2D eigenvalue weighted by atomic mass is 32.1. The Labute approximate surface area is 174 Å². The van der Waals surface area contributed by atoms with Gasteiger partial charge in [0.05, 0.1) is 22.8 Å². The van der Waals surface area contributed by atoms with Crippen LogP contribution in [0.15, 0.2) is 58.8 Å². The molecule has 5 rings (SSSR count). The summed E-state index contributed by atoms with van der Waals surface area (Å²) >= 11 is 1.50. The van der Waals surface area contributed by atoms with Gasteiger partial charge in [-0.25, -0.2) is 14.5 Å². The predicted molar refractivity (Wildman–Crippen MR) is 105 cm³/mol. The molecule has 0 saturated carbocycles. The number of hydrogen-bond donors (Lipinski definition) is 1. The third kappa shape index (κ3) is 2.95. The Morgan fingerprint density at radius 3 is 2.90 bits per heavy atom. The van der Waals surface area contributed by atoms with Gasteiger partial charge in [-0.15, -0.1) is 16.4 Å². The Morgan fingerprint density at radius 2 is 2.13 bits per heavy atom. The minimum Gasteiger partial charge on any atom is -0.443 e. The molecule has 11 heteroatoms. The number of tetrazole rings is 1. The number of nitrogens with one attached hydrogen (secondary N) is 1. The van der Waals surface area contributed by atoms with E-state index >= 15 is 0 Å². The van der Waals surface area contributed by atoms with E-state index in [4.69, 9.17) is 4.42 Å². The largest absolute Gasteiger partial charge is 0.443 e.